The van der Waals surface area contributed by atoms with Gasteiger partial charge in [-0.05, 0) is 43.2 Å². The van der Waals surface area contributed by atoms with E-state index in [0.29, 0.717) is 11.4 Å². The van der Waals surface area contributed by atoms with Crippen molar-refractivity contribution in [3.05, 3.63) is 51.8 Å². The van der Waals surface area contributed by atoms with Crippen LogP contribution in [-0.4, -0.2) is 15.6 Å². The molecule has 0 aliphatic carbocycles. The van der Waals surface area contributed by atoms with Crippen LogP contribution in [0.15, 0.2) is 24.3 Å². The number of halogens is 1. The maximum atomic E-state index is 12.3. The molecule has 0 aliphatic heterocycles. The predicted octanol–water partition coefficient (Wildman–Crippen LogP) is 3.37. The van der Waals surface area contributed by atoms with Crippen LogP contribution in [0.25, 0.3) is 0 Å². The number of carbonyl (C=O) groups excluding carboxylic acids is 1. The van der Waals surface area contributed by atoms with Crippen LogP contribution in [-0.2, 0) is 19.9 Å². The summed E-state index contributed by atoms with van der Waals surface area (Å²) in [5, 5.41) is 5.01. The molecule has 0 amide bonds. The van der Waals surface area contributed by atoms with Crippen molar-refractivity contribution in [2.75, 3.05) is 0 Å². The molecule has 0 saturated heterocycles. The van der Waals surface area contributed by atoms with E-state index in [4.69, 9.17) is 11.6 Å². The quantitative estimate of drug-likeness (QED) is 0.803. The van der Waals surface area contributed by atoms with Crippen LogP contribution in [0.5, 0.6) is 0 Å². The van der Waals surface area contributed by atoms with E-state index >= 15 is 0 Å². The normalized spacial score (nSPS) is 10.7. The molecule has 0 N–H and O–H groups in total. The molecule has 1 aromatic heterocycles. The van der Waals surface area contributed by atoms with E-state index in [1.807, 2.05) is 26.1 Å². The molecule has 1 heterocycles. The Balaban J connectivity index is 2.23. The highest BCUT2D eigenvalue weighted by atomic mass is 35.5. The third kappa shape index (κ3) is 3.04. The first-order chi connectivity index (χ1) is 9.01. The van der Waals surface area contributed by atoms with Gasteiger partial charge in [-0.3, -0.25) is 9.48 Å². The fourth-order valence-electron chi connectivity index (χ4n) is 2.11. The molecule has 0 saturated carbocycles. The van der Waals surface area contributed by atoms with Crippen molar-refractivity contribution >= 4 is 17.4 Å². The number of benzene rings is 1. The summed E-state index contributed by atoms with van der Waals surface area (Å²) in [6.07, 6.45) is 1.24. The van der Waals surface area contributed by atoms with E-state index in [0.717, 1.165) is 28.9 Å². The molecule has 0 radical (unpaired) electrons. The Labute approximate surface area is 118 Å². The molecule has 1 aromatic carbocycles. The van der Waals surface area contributed by atoms with Gasteiger partial charge in [0.05, 0.1) is 12.1 Å². The lowest BCUT2D eigenvalue weighted by atomic mass is 10.0. The molecule has 2 rings (SSSR count). The Hall–Kier alpha value is -1.61. The summed E-state index contributed by atoms with van der Waals surface area (Å²) in [6, 6.07) is 7.35. The maximum absolute atomic E-state index is 12.3. The number of carbonyl (C=O) groups is 1. The van der Waals surface area contributed by atoms with Gasteiger partial charge >= 0.3 is 0 Å². The fourth-order valence-corrected chi connectivity index (χ4v) is 2.34. The van der Waals surface area contributed by atoms with Gasteiger partial charge in [0.2, 0.25) is 0 Å². The number of hydrogen-bond donors (Lipinski definition) is 0. The monoisotopic (exact) mass is 276 g/mol. The second kappa shape index (κ2) is 5.57. The van der Waals surface area contributed by atoms with Crippen LogP contribution >= 0.6 is 11.6 Å². The van der Waals surface area contributed by atoms with Gasteiger partial charge in [0, 0.05) is 23.3 Å². The molecule has 0 spiro atoms. The van der Waals surface area contributed by atoms with Gasteiger partial charge in [-0.15, -0.1) is 0 Å². The zero-order chi connectivity index (χ0) is 14.0. The predicted molar refractivity (Wildman–Crippen MR) is 76.8 cm³/mol. The molecule has 0 fully saturated rings. The summed E-state index contributed by atoms with van der Waals surface area (Å²) in [7, 11) is 1.87. The summed E-state index contributed by atoms with van der Waals surface area (Å²) in [6.45, 7) is 3.96. The Kier molecular flexibility index (Phi) is 4.05. The average Bonchev–Trinajstić information content (AvgIpc) is 2.70. The summed E-state index contributed by atoms with van der Waals surface area (Å²) in [5.74, 6) is 0.0971. The van der Waals surface area contributed by atoms with Crippen molar-refractivity contribution in [2.45, 2.75) is 26.7 Å². The molecular weight excluding hydrogens is 260 g/mol. The van der Waals surface area contributed by atoms with Crippen LogP contribution in [0.3, 0.4) is 0 Å². The Bertz CT molecular complexity index is 617. The molecule has 2 aromatic rings. The Morgan fingerprint density at radius 2 is 2.11 bits per heavy atom. The van der Waals surface area contributed by atoms with E-state index in [1.165, 1.54) is 0 Å². The lowest BCUT2D eigenvalue weighted by Crippen LogP contribution is -2.09. The van der Waals surface area contributed by atoms with Crippen molar-refractivity contribution in [3.63, 3.8) is 0 Å². The number of aromatic nitrogens is 2. The lowest BCUT2D eigenvalue weighted by Gasteiger charge is -2.05. The minimum absolute atomic E-state index is 0.0971. The molecule has 19 heavy (non-hydrogen) atoms. The van der Waals surface area contributed by atoms with Crippen molar-refractivity contribution in [1.82, 2.24) is 9.78 Å². The van der Waals surface area contributed by atoms with Crippen molar-refractivity contribution in [3.8, 4) is 0 Å². The van der Waals surface area contributed by atoms with Gasteiger partial charge in [0.1, 0.15) is 0 Å². The van der Waals surface area contributed by atoms with E-state index in [-0.39, 0.29) is 5.78 Å². The highest BCUT2D eigenvalue weighted by Crippen LogP contribution is 2.17. The van der Waals surface area contributed by atoms with Crippen molar-refractivity contribution in [1.29, 1.82) is 0 Å². The largest absolute Gasteiger partial charge is 0.294 e. The third-order valence-corrected chi connectivity index (χ3v) is 3.46. The SMILES string of the molecule is CCc1cc(CC(=O)c2ccc(Cl)cc2C)n(C)n1. The van der Waals surface area contributed by atoms with Gasteiger partial charge in [-0.1, -0.05) is 18.5 Å². The first-order valence-corrected chi connectivity index (χ1v) is 6.70. The maximum Gasteiger partial charge on any atom is 0.169 e. The van der Waals surface area contributed by atoms with Crippen LogP contribution in [0.4, 0.5) is 0 Å². The number of nitrogens with zero attached hydrogens (tertiary/aromatic N) is 2. The molecule has 3 nitrogen and oxygen atoms in total. The highest BCUT2D eigenvalue weighted by molar-refractivity contribution is 6.30. The second-order valence-corrected chi connectivity index (χ2v) is 5.10. The summed E-state index contributed by atoms with van der Waals surface area (Å²) >= 11 is 5.90. The van der Waals surface area contributed by atoms with Crippen LogP contribution in [0.2, 0.25) is 5.02 Å². The van der Waals surface area contributed by atoms with Gasteiger partial charge in [0.25, 0.3) is 0 Å². The van der Waals surface area contributed by atoms with E-state index in [2.05, 4.69) is 12.0 Å². The first-order valence-electron chi connectivity index (χ1n) is 6.32. The molecule has 0 aliphatic rings. The standard InChI is InChI=1S/C15H17ClN2O/c1-4-12-8-13(18(3)17-12)9-15(19)14-6-5-11(16)7-10(14)2/h5-8H,4,9H2,1-3H3. The number of rotatable bonds is 4. The highest BCUT2D eigenvalue weighted by Gasteiger charge is 2.13. The summed E-state index contributed by atoms with van der Waals surface area (Å²) in [5.41, 5.74) is 3.59. The summed E-state index contributed by atoms with van der Waals surface area (Å²) in [4.78, 5) is 12.3. The lowest BCUT2D eigenvalue weighted by molar-refractivity contribution is 0.0990. The first kappa shape index (κ1) is 13.8. The Morgan fingerprint density at radius 1 is 1.37 bits per heavy atom. The Morgan fingerprint density at radius 3 is 2.68 bits per heavy atom. The smallest absolute Gasteiger partial charge is 0.169 e. The zero-order valence-electron chi connectivity index (χ0n) is 11.4. The van der Waals surface area contributed by atoms with Crippen LogP contribution < -0.4 is 0 Å². The number of ketones is 1. The number of Topliss-reactive ketones (excluding diaryl/α,β-unsaturated/α-hetero) is 1. The molecule has 4 heteroatoms. The van der Waals surface area contributed by atoms with Gasteiger partial charge in [0.15, 0.2) is 5.78 Å². The molecule has 100 valence electrons. The van der Waals surface area contributed by atoms with Crippen LogP contribution in [0.1, 0.15) is 34.2 Å². The average molecular weight is 277 g/mol. The number of aryl methyl sites for hydroxylation is 3. The third-order valence-electron chi connectivity index (χ3n) is 3.22. The van der Waals surface area contributed by atoms with Crippen molar-refractivity contribution in [2.24, 2.45) is 7.05 Å². The molecule has 0 atom stereocenters. The minimum atomic E-state index is 0.0971. The van der Waals surface area contributed by atoms with E-state index in [1.54, 1.807) is 16.8 Å². The second-order valence-electron chi connectivity index (χ2n) is 4.66. The topological polar surface area (TPSA) is 34.9 Å². The van der Waals surface area contributed by atoms with E-state index < -0.39 is 0 Å². The van der Waals surface area contributed by atoms with Crippen LogP contribution in [0, 0.1) is 6.92 Å². The zero-order valence-corrected chi connectivity index (χ0v) is 12.2. The van der Waals surface area contributed by atoms with Crippen molar-refractivity contribution < 1.29 is 4.79 Å². The molecular formula is C15H17ClN2O. The molecule has 0 bridgehead atoms. The summed E-state index contributed by atoms with van der Waals surface area (Å²) < 4.78 is 1.78. The molecule has 0 unspecified atom stereocenters. The van der Waals surface area contributed by atoms with Gasteiger partial charge < -0.3 is 0 Å². The van der Waals surface area contributed by atoms with Gasteiger partial charge in [-0.2, -0.15) is 5.10 Å². The minimum Gasteiger partial charge on any atom is -0.294 e. The number of hydrogen-bond acceptors (Lipinski definition) is 2. The van der Waals surface area contributed by atoms with Gasteiger partial charge in [-0.25, -0.2) is 0 Å². The van der Waals surface area contributed by atoms with E-state index in [9.17, 15) is 4.79 Å². The fraction of sp³-hybridized carbons (Fsp3) is 0.333.